The largest absolute Gasteiger partial charge is 0.396 e. The molecule has 2 rings (SSSR count). The van der Waals surface area contributed by atoms with Crippen LogP contribution < -0.4 is 0 Å². The van der Waals surface area contributed by atoms with E-state index in [0.717, 1.165) is 16.3 Å². The number of aliphatic hydroxyl groups is 1. The highest BCUT2D eigenvalue weighted by Gasteiger charge is 2.16. The van der Waals surface area contributed by atoms with Crippen LogP contribution >= 0.6 is 0 Å². The first kappa shape index (κ1) is 12.8. The molecule has 18 heavy (non-hydrogen) atoms. The maximum Gasteiger partial charge on any atom is 0.120 e. The van der Waals surface area contributed by atoms with E-state index in [4.69, 9.17) is 10.4 Å². The molecule has 0 aliphatic heterocycles. The third-order valence-electron chi connectivity index (χ3n) is 3.04. The van der Waals surface area contributed by atoms with Crippen LogP contribution in [0.15, 0.2) is 49.0 Å². The lowest BCUT2D eigenvalue weighted by Gasteiger charge is -2.17. The Bertz CT molecular complexity index is 543. The number of rotatable bonds is 5. The Morgan fingerprint density at radius 1 is 1.17 bits per heavy atom. The maximum atomic E-state index is 8.94. The molecule has 0 fully saturated rings. The van der Waals surface area contributed by atoms with Crippen LogP contribution in [-0.2, 0) is 4.89 Å². The first-order valence-corrected chi connectivity index (χ1v) is 5.86. The Morgan fingerprint density at radius 2 is 1.89 bits per heavy atom. The van der Waals surface area contributed by atoms with Gasteiger partial charge in [0.2, 0.25) is 0 Å². The zero-order valence-electron chi connectivity index (χ0n) is 10.0. The maximum absolute atomic E-state index is 8.94. The molecule has 2 aromatic rings. The molecule has 0 aromatic heterocycles. The van der Waals surface area contributed by atoms with E-state index < -0.39 is 6.10 Å². The summed E-state index contributed by atoms with van der Waals surface area (Å²) in [5.41, 5.74) is 1.60. The van der Waals surface area contributed by atoms with Gasteiger partial charge in [0, 0.05) is 13.0 Å². The van der Waals surface area contributed by atoms with Gasteiger partial charge in [-0.2, -0.15) is 0 Å². The third kappa shape index (κ3) is 2.43. The molecular formula is C15H16O3. The Balaban J connectivity index is 2.44. The summed E-state index contributed by atoms with van der Waals surface area (Å²) < 4.78 is 0. The molecule has 0 spiro atoms. The number of benzene rings is 2. The minimum absolute atomic E-state index is 0.0605. The molecule has 1 atom stereocenters. The zero-order chi connectivity index (χ0) is 13.0. The summed E-state index contributed by atoms with van der Waals surface area (Å²) in [5.74, 6) is 0. The summed E-state index contributed by atoms with van der Waals surface area (Å²) in [6, 6.07) is 13.9. The monoisotopic (exact) mass is 244 g/mol. The van der Waals surface area contributed by atoms with Crippen molar-refractivity contribution in [1.82, 2.24) is 0 Å². The van der Waals surface area contributed by atoms with E-state index in [2.05, 4.69) is 11.5 Å². The summed E-state index contributed by atoms with van der Waals surface area (Å²) in [7, 11) is 0. The van der Waals surface area contributed by atoms with Gasteiger partial charge >= 0.3 is 0 Å². The first-order chi connectivity index (χ1) is 8.77. The number of fused-ring (bicyclic) bond motifs is 1. The van der Waals surface area contributed by atoms with Gasteiger partial charge < -0.3 is 5.11 Å². The lowest BCUT2D eigenvalue weighted by Crippen LogP contribution is -2.14. The summed E-state index contributed by atoms with van der Waals surface area (Å²) in [6.07, 6.45) is -0.265. The molecule has 0 amide bonds. The van der Waals surface area contributed by atoms with E-state index >= 15 is 0 Å². The van der Waals surface area contributed by atoms with E-state index in [0.29, 0.717) is 12.0 Å². The van der Waals surface area contributed by atoms with E-state index in [1.807, 2.05) is 42.5 Å². The molecule has 0 aliphatic rings. The van der Waals surface area contributed by atoms with Gasteiger partial charge in [-0.1, -0.05) is 49.0 Å². The van der Waals surface area contributed by atoms with Gasteiger partial charge in [0.1, 0.15) is 6.10 Å². The zero-order valence-corrected chi connectivity index (χ0v) is 10.0. The van der Waals surface area contributed by atoms with Gasteiger partial charge in [-0.3, -0.25) is 5.26 Å². The molecule has 3 heteroatoms. The van der Waals surface area contributed by atoms with Crippen molar-refractivity contribution in [2.24, 2.45) is 0 Å². The van der Waals surface area contributed by atoms with E-state index in [-0.39, 0.29) is 6.61 Å². The molecule has 0 bridgehead atoms. The van der Waals surface area contributed by atoms with Gasteiger partial charge in [-0.15, -0.1) is 0 Å². The number of aliphatic hydroxyl groups excluding tert-OH is 1. The molecular weight excluding hydrogens is 228 g/mol. The Kier molecular flexibility index (Phi) is 4.10. The van der Waals surface area contributed by atoms with Crippen molar-refractivity contribution in [3.8, 4) is 0 Å². The van der Waals surface area contributed by atoms with Crippen LogP contribution in [0.3, 0.4) is 0 Å². The van der Waals surface area contributed by atoms with Crippen LogP contribution in [0.25, 0.3) is 16.3 Å². The van der Waals surface area contributed by atoms with Crippen molar-refractivity contribution in [1.29, 1.82) is 0 Å². The molecule has 2 N–H and O–H groups in total. The Hall–Kier alpha value is -1.68. The Morgan fingerprint density at radius 3 is 2.61 bits per heavy atom. The van der Waals surface area contributed by atoms with Crippen LogP contribution in [0.4, 0.5) is 0 Å². The minimum Gasteiger partial charge on any atom is -0.396 e. The van der Waals surface area contributed by atoms with E-state index in [1.165, 1.54) is 0 Å². The first-order valence-electron chi connectivity index (χ1n) is 5.86. The SMILES string of the molecule is C=C(c1cccc2ccccc12)C(CCO)OO. The van der Waals surface area contributed by atoms with Crippen molar-refractivity contribution in [3.63, 3.8) is 0 Å². The van der Waals surface area contributed by atoms with Crippen molar-refractivity contribution >= 4 is 16.3 Å². The van der Waals surface area contributed by atoms with Crippen molar-refractivity contribution in [2.75, 3.05) is 6.61 Å². The second kappa shape index (κ2) is 5.78. The van der Waals surface area contributed by atoms with Crippen molar-refractivity contribution in [3.05, 3.63) is 54.6 Å². The van der Waals surface area contributed by atoms with Crippen LogP contribution in [0, 0.1) is 0 Å². The quantitative estimate of drug-likeness (QED) is 0.627. The standard InChI is InChI=1S/C15H16O3/c1-11(15(18-17)9-10-16)13-8-4-6-12-5-2-3-7-14(12)13/h2-8,15-17H,1,9-10H2. The predicted octanol–water partition coefficient (Wildman–Crippen LogP) is 3.09. The average molecular weight is 244 g/mol. The summed E-state index contributed by atoms with van der Waals surface area (Å²) in [6.45, 7) is 3.91. The molecule has 1 unspecified atom stereocenters. The second-order valence-electron chi connectivity index (χ2n) is 4.16. The minimum atomic E-state index is -0.583. The summed E-state index contributed by atoms with van der Waals surface area (Å²) in [4.78, 5) is 4.40. The van der Waals surface area contributed by atoms with E-state index in [1.54, 1.807) is 0 Å². The normalized spacial score (nSPS) is 12.6. The fourth-order valence-corrected chi connectivity index (χ4v) is 2.09. The molecule has 0 saturated carbocycles. The molecule has 0 saturated heterocycles. The smallest absolute Gasteiger partial charge is 0.120 e. The highest BCUT2D eigenvalue weighted by atomic mass is 17.1. The predicted molar refractivity (Wildman–Crippen MR) is 72.2 cm³/mol. The molecule has 0 aliphatic carbocycles. The highest BCUT2D eigenvalue weighted by Crippen LogP contribution is 2.28. The molecule has 94 valence electrons. The van der Waals surface area contributed by atoms with Gasteiger partial charge in [-0.05, 0) is 21.9 Å². The van der Waals surface area contributed by atoms with Crippen molar-refractivity contribution in [2.45, 2.75) is 12.5 Å². The van der Waals surface area contributed by atoms with Gasteiger partial charge in [0.05, 0.1) is 0 Å². The summed E-state index contributed by atoms with van der Waals surface area (Å²) >= 11 is 0. The topological polar surface area (TPSA) is 49.7 Å². The Labute approximate surface area is 106 Å². The number of hydrogen-bond donors (Lipinski definition) is 2. The van der Waals surface area contributed by atoms with Crippen molar-refractivity contribution < 1.29 is 15.3 Å². The fourth-order valence-electron chi connectivity index (χ4n) is 2.09. The van der Waals surface area contributed by atoms with Gasteiger partial charge in [0.15, 0.2) is 0 Å². The van der Waals surface area contributed by atoms with Gasteiger partial charge in [0.25, 0.3) is 0 Å². The number of hydrogen-bond acceptors (Lipinski definition) is 3. The van der Waals surface area contributed by atoms with Crippen LogP contribution in [0.5, 0.6) is 0 Å². The molecule has 3 nitrogen and oxygen atoms in total. The third-order valence-corrected chi connectivity index (χ3v) is 3.04. The van der Waals surface area contributed by atoms with Crippen LogP contribution in [0.2, 0.25) is 0 Å². The highest BCUT2D eigenvalue weighted by molar-refractivity contribution is 5.94. The second-order valence-corrected chi connectivity index (χ2v) is 4.16. The molecule has 2 aromatic carbocycles. The van der Waals surface area contributed by atoms with Gasteiger partial charge in [-0.25, -0.2) is 4.89 Å². The fraction of sp³-hybridized carbons (Fsp3) is 0.200. The van der Waals surface area contributed by atoms with Crippen LogP contribution in [-0.4, -0.2) is 23.1 Å². The summed E-state index contributed by atoms with van der Waals surface area (Å²) in [5, 5.41) is 20.0. The lowest BCUT2D eigenvalue weighted by molar-refractivity contribution is -0.264. The average Bonchev–Trinajstić information content (AvgIpc) is 2.43. The molecule has 0 radical (unpaired) electrons. The van der Waals surface area contributed by atoms with Crippen LogP contribution in [0.1, 0.15) is 12.0 Å². The molecule has 0 heterocycles. The lowest BCUT2D eigenvalue weighted by atomic mass is 9.95. The van der Waals surface area contributed by atoms with E-state index in [9.17, 15) is 0 Å².